The van der Waals surface area contributed by atoms with E-state index < -0.39 is 0 Å². The lowest BCUT2D eigenvalue weighted by Crippen LogP contribution is -2.16. The summed E-state index contributed by atoms with van der Waals surface area (Å²) in [5.74, 6) is 0. The Bertz CT molecular complexity index is 2010. The predicted molar refractivity (Wildman–Crippen MR) is 182 cm³/mol. The third kappa shape index (κ3) is 3.78. The second-order valence-electron chi connectivity index (χ2n) is 13.0. The zero-order chi connectivity index (χ0) is 29.3. The zero-order valence-corrected chi connectivity index (χ0v) is 25.2. The van der Waals surface area contributed by atoms with E-state index in [-0.39, 0.29) is 10.8 Å². The molecule has 0 fully saturated rings. The van der Waals surface area contributed by atoms with Crippen LogP contribution in [0.15, 0.2) is 140 Å². The van der Waals surface area contributed by atoms with Gasteiger partial charge in [-0.05, 0) is 92.0 Å². The Labute approximate surface area is 255 Å². The van der Waals surface area contributed by atoms with Crippen LogP contribution in [-0.2, 0) is 10.8 Å². The van der Waals surface area contributed by atoms with E-state index in [2.05, 4.69) is 172 Å². The Kier molecular flexibility index (Phi) is 5.59. The van der Waals surface area contributed by atoms with Crippen LogP contribution in [0.4, 0.5) is 17.1 Å². The molecule has 0 aliphatic heterocycles. The molecule has 0 saturated carbocycles. The fourth-order valence-electron chi connectivity index (χ4n) is 7.66. The van der Waals surface area contributed by atoms with Crippen molar-refractivity contribution in [1.29, 1.82) is 0 Å². The van der Waals surface area contributed by atoms with Gasteiger partial charge >= 0.3 is 0 Å². The summed E-state index contributed by atoms with van der Waals surface area (Å²) in [6, 6.07) is 51.5. The number of rotatable bonds is 4. The van der Waals surface area contributed by atoms with E-state index in [0.29, 0.717) is 0 Å². The van der Waals surface area contributed by atoms with Gasteiger partial charge in [-0.25, -0.2) is 0 Å². The first kappa shape index (κ1) is 25.8. The summed E-state index contributed by atoms with van der Waals surface area (Å²) in [7, 11) is 0. The molecule has 0 amide bonds. The molecule has 0 saturated heterocycles. The van der Waals surface area contributed by atoms with Gasteiger partial charge in [-0.3, -0.25) is 0 Å². The maximum atomic E-state index is 2.42. The van der Waals surface area contributed by atoms with Crippen LogP contribution in [-0.4, -0.2) is 0 Å². The van der Waals surface area contributed by atoms with Gasteiger partial charge in [-0.15, -0.1) is 0 Å². The molecular weight excluding hydrogens is 518 g/mol. The minimum atomic E-state index is -0.0750. The summed E-state index contributed by atoms with van der Waals surface area (Å²) in [5.41, 5.74) is 16.9. The van der Waals surface area contributed by atoms with E-state index in [4.69, 9.17) is 0 Å². The van der Waals surface area contributed by atoms with E-state index in [1.54, 1.807) is 0 Å². The highest BCUT2D eigenvalue weighted by Crippen LogP contribution is 2.54. The molecular formula is C42H35N. The highest BCUT2D eigenvalue weighted by Gasteiger charge is 2.38. The first-order valence-corrected chi connectivity index (χ1v) is 15.3. The second-order valence-corrected chi connectivity index (χ2v) is 13.0. The summed E-state index contributed by atoms with van der Waals surface area (Å²) in [6.45, 7) is 9.41. The highest BCUT2D eigenvalue weighted by atomic mass is 15.1. The van der Waals surface area contributed by atoms with Crippen molar-refractivity contribution in [3.63, 3.8) is 0 Å². The normalized spacial score (nSPS) is 14.9. The summed E-state index contributed by atoms with van der Waals surface area (Å²) in [6.07, 6.45) is 0. The van der Waals surface area contributed by atoms with E-state index in [1.807, 2.05) is 0 Å². The molecule has 6 aromatic rings. The lowest BCUT2D eigenvalue weighted by Gasteiger charge is -2.28. The fraction of sp³-hybridized carbons (Fsp3) is 0.143. The van der Waals surface area contributed by atoms with E-state index in [1.165, 1.54) is 67.0 Å². The monoisotopic (exact) mass is 553 g/mol. The van der Waals surface area contributed by atoms with Gasteiger partial charge < -0.3 is 4.90 Å². The van der Waals surface area contributed by atoms with Crippen molar-refractivity contribution in [2.24, 2.45) is 0 Å². The van der Waals surface area contributed by atoms with Gasteiger partial charge in [0.2, 0.25) is 0 Å². The molecule has 1 nitrogen and oxygen atoms in total. The van der Waals surface area contributed by atoms with Crippen molar-refractivity contribution >= 4 is 17.1 Å². The average Bonchev–Trinajstić information content (AvgIpc) is 3.41. The highest BCUT2D eigenvalue weighted by molar-refractivity contribution is 5.95. The Morgan fingerprint density at radius 2 is 0.884 bits per heavy atom. The largest absolute Gasteiger partial charge is 0.310 e. The van der Waals surface area contributed by atoms with Crippen LogP contribution in [0.3, 0.4) is 0 Å². The zero-order valence-electron chi connectivity index (χ0n) is 25.2. The predicted octanol–water partition coefficient (Wildman–Crippen LogP) is 11.4. The molecule has 0 aromatic heterocycles. The molecule has 0 bridgehead atoms. The number of para-hydroxylation sites is 1. The molecule has 1 heteroatoms. The van der Waals surface area contributed by atoms with E-state index in [9.17, 15) is 0 Å². The van der Waals surface area contributed by atoms with Gasteiger partial charge in [0.25, 0.3) is 0 Å². The molecule has 0 unspecified atom stereocenters. The van der Waals surface area contributed by atoms with Crippen LogP contribution < -0.4 is 4.90 Å². The molecule has 0 N–H and O–H groups in total. The molecule has 0 heterocycles. The van der Waals surface area contributed by atoms with Gasteiger partial charge in [-0.2, -0.15) is 0 Å². The third-order valence-corrected chi connectivity index (χ3v) is 9.87. The number of hydrogen-bond donors (Lipinski definition) is 0. The van der Waals surface area contributed by atoms with Gasteiger partial charge in [0.05, 0.1) is 0 Å². The lowest BCUT2D eigenvalue weighted by molar-refractivity contribution is 0.660. The standard InChI is InChI=1S/C42H35N/c1-41(2)36-20-12-11-18-33(36)34-26-30(22-24-37(34)41)43(29-16-9-6-10-17-29)31-23-25-38-35(27-31)40-32(28-14-7-5-8-15-28)19-13-21-39(40)42(38,3)4/h5-27H,1-4H3. The van der Waals surface area contributed by atoms with Gasteiger partial charge in [-0.1, -0.05) is 131 Å². The van der Waals surface area contributed by atoms with Gasteiger partial charge in [0.1, 0.15) is 0 Å². The van der Waals surface area contributed by atoms with Gasteiger partial charge in [0.15, 0.2) is 0 Å². The van der Waals surface area contributed by atoms with Crippen LogP contribution in [0.5, 0.6) is 0 Å². The molecule has 6 aromatic carbocycles. The number of anilines is 3. The maximum Gasteiger partial charge on any atom is 0.0468 e. The smallest absolute Gasteiger partial charge is 0.0468 e. The van der Waals surface area contributed by atoms with Crippen LogP contribution >= 0.6 is 0 Å². The van der Waals surface area contributed by atoms with Crippen LogP contribution in [0.2, 0.25) is 0 Å². The first-order valence-electron chi connectivity index (χ1n) is 15.3. The van der Waals surface area contributed by atoms with Crippen molar-refractivity contribution in [3.05, 3.63) is 162 Å². The molecule has 0 spiro atoms. The van der Waals surface area contributed by atoms with Crippen LogP contribution in [0, 0.1) is 0 Å². The Morgan fingerprint density at radius 3 is 1.60 bits per heavy atom. The Balaban J connectivity index is 1.34. The average molecular weight is 554 g/mol. The van der Waals surface area contributed by atoms with Crippen LogP contribution in [0.1, 0.15) is 49.9 Å². The van der Waals surface area contributed by atoms with Crippen LogP contribution in [0.25, 0.3) is 33.4 Å². The van der Waals surface area contributed by atoms with Crippen molar-refractivity contribution < 1.29 is 0 Å². The summed E-state index contributed by atoms with van der Waals surface area (Å²) < 4.78 is 0. The number of hydrogen-bond acceptors (Lipinski definition) is 1. The maximum absolute atomic E-state index is 2.42. The van der Waals surface area contributed by atoms with E-state index >= 15 is 0 Å². The topological polar surface area (TPSA) is 3.24 Å². The van der Waals surface area contributed by atoms with Crippen molar-refractivity contribution in [2.45, 2.75) is 38.5 Å². The van der Waals surface area contributed by atoms with Gasteiger partial charge in [0, 0.05) is 27.9 Å². The Morgan fingerprint density at radius 1 is 0.372 bits per heavy atom. The molecule has 208 valence electrons. The third-order valence-electron chi connectivity index (χ3n) is 9.87. The summed E-state index contributed by atoms with van der Waals surface area (Å²) in [5, 5.41) is 0. The number of benzene rings is 6. The second kappa shape index (κ2) is 9.31. The summed E-state index contributed by atoms with van der Waals surface area (Å²) in [4.78, 5) is 2.42. The first-order chi connectivity index (χ1) is 20.9. The molecule has 0 atom stereocenters. The molecule has 8 rings (SSSR count). The SMILES string of the molecule is CC1(C)c2ccccc2-c2cc(N(c3ccccc3)c3ccc4c(c3)-c3c(-c5ccccc5)cccc3C4(C)C)ccc21. The molecule has 43 heavy (non-hydrogen) atoms. The molecule has 2 aliphatic carbocycles. The van der Waals surface area contributed by atoms with Crippen molar-refractivity contribution in [1.82, 2.24) is 0 Å². The number of nitrogens with zero attached hydrogens (tertiary/aromatic N) is 1. The molecule has 2 aliphatic rings. The minimum Gasteiger partial charge on any atom is -0.310 e. The quantitative estimate of drug-likeness (QED) is 0.210. The van der Waals surface area contributed by atoms with E-state index in [0.717, 1.165) is 5.69 Å². The minimum absolute atomic E-state index is 0.0151. The Hall–Kier alpha value is -4.88. The lowest BCUT2D eigenvalue weighted by atomic mass is 9.82. The molecule has 0 radical (unpaired) electrons. The fourth-order valence-corrected chi connectivity index (χ4v) is 7.66. The van der Waals surface area contributed by atoms with Crippen molar-refractivity contribution in [3.8, 4) is 33.4 Å². The summed E-state index contributed by atoms with van der Waals surface area (Å²) >= 11 is 0. The van der Waals surface area contributed by atoms with Crippen molar-refractivity contribution in [2.75, 3.05) is 4.90 Å². The number of fused-ring (bicyclic) bond motifs is 6.